The van der Waals surface area contributed by atoms with Crippen LogP contribution in [0.1, 0.15) is 11.1 Å². The minimum absolute atomic E-state index is 0.150. The van der Waals surface area contributed by atoms with Crippen LogP contribution >= 0.6 is 35.6 Å². The first kappa shape index (κ1) is 21.4. The molecule has 0 aromatic heterocycles. The first-order valence-corrected chi connectivity index (χ1v) is 11.0. The van der Waals surface area contributed by atoms with Gasteiger partial charge >= 0.3 is 0 Å². The van der Waals surface area contributed by atoms with Crippen LogP contribution in [0.15, 0.2) is 77.7 Å². The smallest absolute Gasteiger partial charge is 0.270 e. The molecule has 0 unspecified atom stereocenters. The molecule has 0 radical (unpaired) electrons. The van der Waals surface area contributed by atoms with Crippen LogP contribution in [0, 0.1) is 0 Å². The molecule has 31 heavy (non-hydrogen) atoms. The largest absolute Gasteiger partial charge is 0.497 e. The number of hydrogen-bond donors (Lipinski definition) is 0. The maximum absolute atomic E-state index is 13.0. The fourth-order valence-corrected chi connectivity index (χ4v) is 4.53. The molecule has 156 valence electrons. The Labute approximate surface area is 195 Å². The van der Waals surface area contributed by atoms with Crippen molar-refractivity contribution in [1.29, 1.82) is 0 Å². The number of anilines is 1. The van der Waals surface area contributed by atoms with Crippen molar-refractivity contribution >= 4 is 57.6 Å². The highest BCUT2D eigenvalue weighted by molar-refractivity contribution is 8.27. The van der Waals surface area contributed by atoms with E-state index in [0.29, 0.717) is 32.3 Å². The third kappa shape index (κ3) is 4.93. The highest BCUT2D eigenvalue weighted by Crippen LogP contribution is 2.36. The Morgan fingerprint density at radius 3 is 2.55 bits per heavy atom. The van der Waals surface area contributed by atoms with Gasteiger partial charge in [-0.1, -0.05) is 65.9 Å². The van der Waals surface area contributed by atoms with Crippen LogP contribution in [0.4, 0.5) is 5.69 Å². The number of methoxy groups -OCH3 is 1. The number of carbonyl (C=O) groups is 1. The third-order valence-corrected chi connectivity index (χ3v) is 6.30. The molecule has 3 aromatic carbocycles. The molecule has 0 bridgehead atoms. The van der Waals surface area contributed by atoms with Crippen molar-refractivity contribution in [3.05, 3.63) is 93.9 Å². The Morgan fingerprint density at radius 1 is 1.03 bits per heavy atom. The molecule has 4 nitrogen and oxygen atoms in total. The maximum Gasteiger partial charge on any atom is 0.270 e. The van der Waals surface area contributed by atoms with Gasteiger partial charge in [0.25, 0.3) is 5.91 Å². The summed E-state index contributed by atoms with van der Waals surface area (Å²) >= 11 is 12.9. The van der Waals surface area contributed by atoms with E-state index in [-0.39, 0.29) is 5.91 Å². The van der Waals surface area contributed by atoms with Gasteiger partial charge in [0.05, 0.1) is 17.7 Å². The minimum Gasteiger partial charge on any atom is -0.497 e. The summed E-state index contributed by atoms with van der Waals surface area (Å²) in [6.45, 7) is 0.364. The van der Waals surface area contributed by atoms with E-state index in [1.165, 1.54) is 16.7 Å². The topological polar surface area (TPSA) is 38.8 Å². The summed E-state index contributed by atoms with van der Waals surface area (Å²) in [4.78, 5) is 15.1. The van der Waals surface area contributed by atoms with E-state index in [9.17, 15) is 4.79 Å². The van der Waals surface area contributed by atoms with Crippen molar-refractivity contribution in [1.82, 2.24) is 0 Å². The van der Waals surface area contributed by atoms with Crippen LogP contribution in [-0.4, -0.2) is 17.3 Å². The zero-order chi connectivity index (χ0) is 21.8. The molecule has 3 aromatic rings. The Bertz CT molecular complexity index is 1160. The maximum atomic E-state index is 13.0. The number of thiocarbonyl (C=S) groups is 1. The van der Waals surface area contributed by atoms with Gasteiger partial charge in [0.1, 0.15) is 18.1 Å². The van der Waals surface area contributed by atoms with Gasteiger partial charge in [0, 0.05) is 10.6 Å². The van der Waals surface area contributed by atoms with Gasteiger partial charge in [-0.25, -0.2) is 0 Å². The van der Waals surface area contributed by atoms with Gasteiger partial charge in [-0.05, 0) is 54.1 Å². The number of nitrogens with zero attached hydrogens (tertiary/aromatic N) is 1. The number of ether oxygens (including phenoxy) is 2. The summed E-state index contributed by atoms with van der Waals surface area (Å²) in [5, 5.41) is 0.667. The lowest BCUT2D eigenvalue weighted by atomic mass is 10.2. The molecular formula is C24H18ClNO3S2. The van der Waals surface area contributed by atoms with Crippen molar-refractivity contribution in [2.45, 2.75) is 6.61 Å². The van der Waals surface area contributed by atoms with E-state index in [1.807, 2.05) is 66.7 Å². The summed E-state index contributed by atoms with van der Waals surface area (Å²) in [5.74, 6) is 1.26. The van der Waals surface area contributed by atoms with E-state index in [2.05, 4.69) is 0 Å². The van der Waals surface area contributed by atoms with Crippen molar-refractivity contribution < 1.29 is 14.3 Å². The molecule has 0 spiro atoms. The van der Waals surface area contributed by atoms with E-state index < -0.39 is 0 Å². The normalized spacial score (nSPS) is 14.9. The molecule has 0 atom stereocenters. The second-order valence-electron chi connectivity index (χ2n) is 6.67. The average molecular weight is 468 g/mol. The average Bonchev–Trinajstić information content (AvgIpc) is 3.06. The predicted molar refractivity (Wildman–Crippen MR) is 131 cm³/mol. The zero-order valence-electron chi connectivity index (χ0n) is 16.6. The molecule has 7 heteroatoms. The van der Waals surface area contributed by atoms with Crippen molar-refractivity contribution in [3.8, 4) is 11.5 Å². The van der Waals surface area contributed by atoms with E-state index in [1.54, 1.807) is 19.2 Å². The SMILES string of the molecule is COc1ccc(N2C(=O)/C(=C/c3cccc(OCc4ccccc4Cl)c3)SC2=S)cc1. The molecule has 0 aliphatic carbocycles. The van der Waals surface area contributed by atoms with Crippen molar-refractivity contribution in [2.24, 2.45) is 0 Å². The first-order chi connectivity index (χ1) is 15.0. The molecule has 1 aliphatic heterocycles. The summed E-state index contributed by atoms with van der Waals surface area (Å²) < 4.78 is 11.6. The van der Waals surface area contributed by atoms with Gasteiger partial charge in [-0.2, -0.15) is 0 Å². The van der Waals surface area contributed by atoms with Gasteiger partial charge in [-0.15, -0.1) is 0 Å². The minimum atomic E-state index is -0.150. The summed E-state index contributed by atoms with van der Waals surface area (Å²) in [7, 11) is 1.60. The van der Waals surface area contributed by atoms with Crippen LogP contribution in [0.3, 0.4) is 0 Å². The fraction of sp³-hybridized carbons (Fsp3) is 0.0833. The quantitative estimate of drug-likeness (QED) is 0.312. The standard InChI is InChI=1S/C24H18ClNO3S2/c1-28-19-11-9-18(10-12-19)26-23(27)22(31-24(26)30)14-16-5-4-7-20(13-16)29-15-17-6-2-3-8-21(17)25/h2-14H,15H2,1H3/b22-14-. The molecule has 0 N–H and O–H groups in total. The van der Waals surface area contributed by atoms with Crippen molar-refractivity contribution in [3.63, 3.8) is 0 Å². The summed E-state index contributed by atoms with van der Waals surface area (Å²) in [6.07, 6.45) is 1.82. The first-order valence-electron chi connectivity index (χ1n) is 9.43. The number of thioether (sulfide) groups is 1. The predicted octanol–water partition coefficient (Wildman–Crippen LogP) is 6.33. The molecule has 1 fully saturated rings. The zero-order valence-corrected chi connectivity index (χ0v) is 19.0. The number of halogens is 1. The number of benzene rings is 3. The second kappa shape index (κ2) is 9.56. The fourth-order valence-electron chi connectivity index (χ4n) is 3.04. The molecule has 4 rings (SSSR count). The van der Waals surface area contributed by atoms with E-state index >= 15 is 0 Å². The second-order valence-corrected chi connectivity index (χ2v) is 8.75. The highest BCUT2D eigenvalue weighted by atomic mass is 35.5. The molecular weight excluding hydrogens is 450 g/mol. The Hall–Kier alpha value is -2.80. The summed E-state index contributed by atoms with van der Waals surface area (Å²) in [5.41, 5.74) is 2.48. The van der Waals surface area contributed by atoms with E-state index in [0.717, 1.165) is 16.9 Å². The van der Waals surface area contributed by atoms with Gasteiger partial charge in [0.2, 0.25) is 0 Å². The van der Waals surface area contributed by atoms with E-state index in [4.69, 9.17) is 33.3 Å². The number of rotatable bonds is 6. The van der Waals surface area contributed by atoms with Crippen LogP contribution in [0.5, 0.6) is 11.5 Å². The Morgan fingerprint density at radius 2 is 1.81 bits per heavy atom. The van der Waals surface area contributed by atoms with Gasteiger partial charge in [-0.3, -0.25) is 9.69 Å². The monoisotopic (exact) mass is 467 g/mol. The summed E-state index contributed by atoms with van der Waals surface area (Å²) in [6, 6.07) is 22.4. The third-order valence-electron chi connectivity index (χ3n) is 4.63. The Balaban J connectivity index is 1.50. The number of carbonyl (C=O) groups excluding carboxylic acids is 1. The van der Waals surface area contributed by atoms with Crippen LogP contribution in [0.25, 0.3) is 6.08 Å². The Kier molecular flexibility index (Phi) is 6.61. The van der Waals surface area contributed by atoms with Gasteiger partial charge < -0.3 is 9.47 Å². The lowest BCUT2D eigenvalue weighted by Gasteiger charge is -2.14. The lowest BCUT2D eigenvalue weighted by molar-refractivity contribution is -0.113. The molecule has 1 heterocycles. The number of hydrogen-bond acceptors (Lipinski definition) is 5. The highest BCUT2D eigenvalue weighted by Gasteiger charge is 2.33. The van der Waals surface area contributed by atoms with Crippen LogP contribution in [0.2, 0.25) is 5.02 Å². The van der Waals surface area contributed by atoms with Crippen LogP contribution < -0.4 is 14.4 Å². The molecule has 1 aliphatic rings. The van der Waals surface area contributed by atoms with Crippen LogP contribution in [-0.2, 0) is 11.4 Å². The molecule has 0 saturated carbocycles. The van der Waals surface area contributed by atoms with Gasteiger partial charge in [0.15, 0.2) is 4.32 Å². The van der Waals surface area contributed by atoms with Crippen molar-refractivity contribution in [2.75, 3.05) is 12.0 Å². The molecule has 1 saturated heterocycles. The number of amides is 1. The molecule has 1 amide bonds. The lowest BCUT2D eigenvalue weighted by Crippen LogP contribution is -2.27.